The predicted molar refractivity (Wildman–Crippen MR) is 79.5 cm³/mol. The molecule has 0 radical (unpaired) electrons. The molecule has 0 unspecified atom stereocenters. The molecule has 1 aromatic rings. The largest absolute Gasteiger partial charge is 0.466 e. The second-order valence-corrected chi connectivity index (χ2v) is 4.06. The van der Waals surface area contributed by atoms with Crippen molar-refractivity contribution in [3.63, 3.8) is 0 Å². The monoisotopic (exact) mass is 297 g/mol. The summed E-state index contributed by atoms with van der Waals surface area (Å²) in [4.78, 5) is 23.7. The Balaban J connectivity index is 2.50. The third-order valence-electron chi connectivity index (χ3n) is 2.37. The third kappa shape index (κ3) is 6.73. The van der Waals surface area contributed by atoms with E-state index in [1.54, 1.807) is 6.92 Å². The molecule has 0 aliphatic carbocycles. The minimum atomic E-state index is -0.196. The number of esters is 1. The average Bonchev–Trinajstić information content (AvgIpc) is 2.44. The molecule has 0 fully saturated rings. The number of hydrogen-bond donors (Lipinski definition) is 2. The molecule has 1 aromatic heterocycles. The molecule has 1 rings (SSSR count). The second-order valence-electron chi connectivity index (χ2n) is 4.06. The van der Waals surface area contributed by atoms with Crippen LogP contribution in [0.3, 0.4) is 0 Å². The summed E-state index contributed by atoms with van der Waals surface area (Å²) in [5.41, 5.74) is 0. The first-order valence-corrected chi connectivity index (χ1v) is 7.21. The molecule has 8 heteroatoms. The lowest BCUT2D eigenvalue weighted by Crippen LogP contribution is -2.13. The maximum atomic E-state index is 11.2. The number of aromatic nitrogens is 3. The number of carbonyl (C=O) groups is 1. The number of nitrogens with zero attached hydrogens (tertiary/aromatic N) is 3. The molecular formula is C13H23N5O3. The van der Waals surface area contributed by atoms with Gasteiger partial charge in [-0.25, -0.2) is 0 Å². The van der Waals surface area contributed by atoms with E-state index in [2.05, 4.69) is 25.6 Å². The van der Waals surface area contributed by atoms with Crippen LogP contribution >= 0.6 is 0 Å². The Bertz CT molecular complexity index is 418. The summed E-state index contributed by atoms with van der Waals surface area (Å²) in [7, 11) is 0. The van der Waals surface area contributed by atoms with Crippen molar-refractivity contribution in [2.24, 2.45) is 0 Å². The zero-order chi connectivity index (χ0) is 15.5. The summed E-state index contributed by atoms with van der Waals surface area (Å²) in [5, 5.41) is 6.07. The number of anilines is 2. The number of carbonyl (C=O) groups excluding carboxylic acids is 1. The van der Waals surface area contributed by atoms with Crippen LogP contribution in [0.1, 0.15) is 33.6 Å². The van der Waals surface area contributed by atoms with Crippen molar-refractivity contribution in [2.45, 2.75) is 33.6 Å². The minimum Gasteiger partial charge on any atom is -0.466 e. The lowest BCUT2D eigenvalue weighted by Gasteiger charge is -2.09. The maximum Gasteiger partial charge on any atom is 0.323 e. The molecule has 0 saturated carbocycles. The Hall–Kier alpha value is -2.12. The maximum absolute atomic E-state index is 11.2. The fraction of sp³-hybridized carbons (Fsp3) is 0.692. The fourth-order valence-electron chi connectivity index (χ4n) is 1.53. The molecule has 0 bridgehead atoms. The normalized spacial score (nSPS) is 10.0. The molecular weight excluding hydrogens is 274 g/mol. The molecule has 0 saturated heterocycles. The summed E-state index contributed by atoms with van der Waals surface area (Å²) in [5.74, 6) is 0.690. The van der Waals surface area contributed by atoms with Gasteiger partial charge in [-0.2, -0.15) is 15.0 Å². The van der Waals surface area contributed by atoms with E-state index in [9.17, 15) is 4.79 Å². The van der Waals surface area contributed by atoms with E-state index in [1.165, 1.54) is 0 Å². The Morgan fingerprint density at radius 2 is 1.76 bits per heavy atom. The summed E-state index contributed by atoms with van der Waals surface area (Å²) in [6.45, 7) is 7.78. The van der Waals surface area contributed by atoms with Crippen LogP contribution in [-0.4, -0.2) is 47.2 Å². The lowest BCUT2D eigenvalue weighted by molar-refractivity contribution is -0.143. The van der Waals surface area contributed by atoms with Gasteiger partial charge in [0.2, 0.25) is 11.9 Å². The molecule has 0 aliphatic rings. The molecule has 1 heterocycles. The molecule has 0 aliphatic heterocycles. The van der Waals surface area contributed by atoms with E-state index in [0.29, 0.717) is 51.0 Å². The van der Waals surface area contributed by atoms with Crippen molar-refractivity contribution in [3.05, 3.63) is 0 Å². The van der Waals surface area contributed by atoms with E-state index >= 15 is 0 Å². The van der Waals surface area contributed by atoms with Crippen LogP contribution in [0.15, 0.2) is 0 Å². The Morgan fingerprint density at radius 3 is 2.38 bits per heavy atom. The minimum absolute atomic E-state index is 0.196. The van der Waals surface area contributed by atoms with Gasteiger partial charge >= 0.3 is 12.0 Å². The predicted octanol–water partition coefficient (Wildman–Crippen LogP) is 1.46. The van der Waals surface area contributed by atoms with E-state index in [0.717, 1.165) is 0 Å². The zero-order valence-electron chi connectivity index (χ0n) is 12.8. The molecule has 0 spiro atoms. The van der Waals surface area contributed by atoms with Gasteiger partial charge in [0, 0.05) is 19.5 Å². The highest BCUT2D eigenvalue weighted by Gasteiger charge is 2.07. The summed E-state index contributed by atoms with van der Waals surface area (Å²) in [6, 6.07) is 0.274. The van der Waals surface area contributed by atoms with Gasteiger partial charge in [0.1, 0.15) is 0 Å². The van der Waals surface area contributed by atoms with Crippen molar-refractivity contribution < 1.29 is 14.3 Å². The van der Waals surface area contributed by atoms with Crippen LogP contribution in [-0.2, 0) is 9.53 Å². The van der Waals surface area contributed by atoms with Crippen molar-refractivity contribution in [3.8, 4) is 6.01 Å². The van der Waals surface area contributed by atoms with E-state index in [1.807, 2.05) is 13.8 Å². The molecule has 21 heavy (non-hydrogen) atoms. The van der Waals surface area contributed by atoms with Gasteiger partial charge in [-0.3, -0.25) is 4.79 Å². The van der Waals surface area contributed by atoms with E-state index in [-0.39, 0.29) is 12.0 Å². The van der Waals surface area contributed by atoms with Crippen LogP contribution in [0.2, 0.25) is 0 Å². The molecule has 0 amide bonds. The number of ether oxygens (including phenoxy) is 2. The topological polar surface area (TPSA) is 98.3 Å². The number of hydrogen-bond acceptors (Lipinski definition) is 8. The first-order chi connectivity index (χ1) is 10.2. The van der Waals surface area contributed by atoms with Crippen molar-refractivity contribution in [1.29, 1.82) is 0 Å². The molecule has 2 N–H and O–H groups in total. The van der Waals surface area contributed by atoms with Crippen molar-refractivity contribution in [2.75, 3.05) is 36.9 Å². The van der Waals surface area contributed by atoms with Gasteiger partial charge in [-0.15, -0.1) is 0 Å². The molecule has 118 valence electrons. The average molecular weight is 297 g/mol. The van der Waals surface area contributed by atoms with Crippen LogP contribution in [0.25, 0.3) is 0 Å². The van der Waals surface area contributed by atoms with Gasteiger partial charge in [-0.1, -0.05) is 0 Å². The van der Waals surface area contributed by atoms with E-state index in [4.69, 9.17) is 9.47 Å². The number of nitrogens with one attached hydrogen (secondary N) is 2. The highest BCUT2D eigenvalue weighted by Crippen LogP contribution is 2.11. The second kappa shape index (κ2) is 9.73. The van der Waals surface area contributed by atoms with Crippen molar-refractivity contribution in [1.82, 2.24) is 15.0 Å². The molecule has 0 aromatic carbocycles. The summed E-state index contributed by atoms with van der Waals surface area (Å²) in [6.07, 6.45) is 1.01. The van der Waals surface area contributed by atoms with E-state index < -0.39 is 0 Å². The van der Waals surface area contributed by atoms with Crippen LogP contribution in [0.4, 0.5) is 11.9 Å². The van der Waals surface area contributed by atoms with Gasteiger partial charge in [-0.05, 0) is 27.2 Å². The Kier molecular flexibility index (Phi) is 7.85. The Morgan fingerprint density at radius 1 is 1.05 bits per heavy atom. The molecule has 0 atom stereocenters. The van der Waals surface area contributed by atoms with Crippen molar-refractivity contribution >= 4 is 17.9 Å². The van der Waals surface area contributed by atoms with Crippen LogP contribution < -0.4 is 15.4 Å². The molecule has 8 nitrogen and oxygen atoms in total. The summed E-state index contributed by atoms with van der Waals surface area (Å²) < 4.78 is 10.2. The highest BCUT2D eigenvalue weighted by molar-refractivity contribution is 5.69. The number of rotatable bonds is 10. The lowest BCUT2D eigenvalue weighted by atomic mass is 10.3. The first kappa shape index (κ1) is 16.9. The van der Waals surface area contributed by atoms with Crippen LogP contribution in [0.5, 0.6) is 6.01 Å². The Labute approximate surface area is 124 Å². The smallest absolute Gasteiger partial charge is 0.323 e. The highest BCUT2D eigenvalue weighted by atomic mass is 16.5. The van der Waals surface area contributed by atoms with Gasteiger partial charge in [0.05, 0.1) is 13.2 Å². The first-order valence-electron chi connectivity index (χ1n) is 7.21. The van der Waals surface area contributed by atoms with Gasteiger partial charge in [0.25, 0.3) is 0 Å². The van der Waals surface area contributed by atoms with Crippen LogP contribution in [0, 0.1) is 0 Å². The standard InChI is InChI=1S/C13H23N5O3/c1-4-14-11-16-12(18-13(17-11)21-6-3)15-9-7-8-10(19)20-5-2/h4-9H2,1-3H3,(H2,14,15,16,17,18). The SMILES string of the molecule is CCNc1nc(NCCCC(=O)OCC)nc(OCC)n1. The zero-order valence-corrected chi connectivity index (χ0v) is 12.8. The fourth-order valence-corrected chi connectivity index (χ4v) is 1.53. The third-order valence-corrected chi connectivity index (χ3v) is 2.37. The summed E-state index contributed by atoms with van der Waals surface area (Å²) >= 11 is 0. The van der Waals surface area contributed by atoms with Gasteiger partial charge in [0.15, 0.2) is 0 Å². The van der Waals surface area contributed by atoms with Gasteiger partial charge < -0.3 is 20.1 Å². The quantitative estimate of drug-likeness (QED) is 0.494.